The number of hydrogen-bond acceptors (Lipinski definition) is 3. The van der Waals surface area contributed by atoms with Crippen LogP contribution in [0.2, 0.25) is 0 Å². The zero-order chi connectivity index (χ0) is 14.0. The Labute approximate surface area is 117 Å². The Hall–Kier alpha value is -1.06. The molecule has 0 aliphatic carbocycles. The van der Waals surface area contributed by atoms with Crippen LogP contribution < -0.4 is 10.6 Å². The van der Waals surface area contributed by atoms with Gasteiger partial charge in [-0.3, -0.25) is 4.90 Å². The molecule has 0 radical (unpaired) electrons. The molecule has 0 unspecified atom stereocenters. The smallest absolute Gasteiger partial charge is 0.0426 e. The van der Waals surface area contributed by atoms with Crippen LogP contribution in [0, 0.1) is 13.8 Å². The van der Waals surface area contributed by atoms with Gasteiger partial charge in [0.2, 0.25) is 0 Å². The van der Waals surface area contributed by atoms with Gasteiger partial charge < -0.3 is 10.6 Å². The number of aryl methyl sites for hydroxylation is 2. The van der Waals surface area contributed by atoms with Gasteiger partial charge in [-0.15, -0.1) is 0 Å². The van der Waals surface area contributed by atoms with Crippen molar-refractivity contribution in [1.82, 2.24) is 4.90 Å². The minimum atomic E-state index is 0.118. The van der Waals surface area contributed by atoms with Crippen molar-refractivity contribution >= 4 is 5.69 Å². The lowest BCUT2D eigenvalue weighted by Crippen LogP contribution is -2.57. The number of nitrogens with two attached hydrogens (primary N) is 1. The summed E-state index contributed by atoms with van der Waals surface area (Å²) in [7, 11) is 0. The Morgan fingerprint density at radius 1 is 1.05 bits per heavy atom. The zero-order valence-electron chi connectivity index (χ0n) is 12.7. The summed E-state index contributed by atoms with van der Waals surface area (Å²) in [6.07, 6.45) is 0. The highest BCUT2D eigenvalue weighted by molar-refractivity contribution is 5.59. The summed E-state index contributed by atoms with van der Waals surface area (Å²) >= 11 is 0. The molecule has 0 saturated carbocycles. The molecule has 1 aliphatic heterocycles. The van der Waals surface area contributed by atoms with E-state index in [9.17, 15) is 0 Å². The Bertz CT molecular complexity index is 411. The van der Waals surface area contributed by atoms with Gasteiger partial charge in [-0.1, -0.05) is 18.2 Å². The molecule has 1 aliphatic rings. The highest BCUT2D eigenvalue weighted by Gasteiger charge is 2.29. The SMILES string of the molecule is Cc1cccc(C)c1N1CCN(C(C)(C)CN)CC1. The summed E-state index contributed by atoms with van der Waals surface area (Å²) in [5, 5.41) is 0. The summed E-state index contributed by atoms with van der Waals surface area (Å²) in [6.45, 7) is 14.0. The molecule has 1 fully saturated rings. The first kappa shape index (κ1) is 14.4. The summed E-state index contributed by atoms with van der Waals surface area (Å²) in [6, 6.07) is 6.55. The van der Waals surface area contributed by atoms with Crippen LogP contribution in [-0.2, 0) is 0 Å². The van der Waals surface area contributed by atoms with Gasteiger partial charge in [0.15, 0.2) is 0 Å². The van der Waals surface area contributed by atoms with Crippen LogP contribution in [0.4, 0.5) is 5.69 Å². The molecule has 0 bridgehead atoms. The predicted octanol–water partition coefficient (Wildman–Crippen LogP) is 2.16. The molecule has 19 heavy (non-hydrogen) atoms. The van der Waals surface area contributed by atoms with Gasteiger partial charge in [-0.05, 0) is 38.8 Å². The van der Waals surface area contributed by atoms with Gasteiger partial charge in [0.1, 0.15) is 0 Å². The average molecular weight is 261 g/mol. The number of para-hydroxylation sites is 1. The first-order valence-electron chi connectivity index (χ1n) is 7.22. The van der Waals surface area contributed by atoms with Crippen molar-refractivity contribution in [2.45, 2.75) is 33.2 Å². The molecule has 0 amide bonds. The van der Waals surface area contributed by atoms with Crippen LogP contribution in [0.1, 0.15) is 25.0 Å². The number of hydrogen-bond donors (Lipinski definition) is 1. The summed E-state index contributed by atoms with van der Waals surface area (Å²) in [5.74, 6) is 0. The third-order valence-corrected chi connectivity index (χ3v) is 4.39. The molecule has 3 heteroatoms. The first-order valence-corrected chi connectivity index (χ1v) is 7.22. The van der Waals surface area contributed by atoms with Crippen LogP contribution in [-0.4, -0.2) is 43.2 Å². The van der Waals surface area contributed by atoms with E-state index in [-0.39, 0.29) is 5.54 Å². The highest BCUT2D eigenvalue weighted by atomic mass is 15.3. The lowest BCUT2D eigenvalue weighted by molar-refractivity contribution is 0.119. The maximum Gasteiger partial charge on any atom is 0.0426 e. The monoisotopic (exact) mass is 261 g/mol. The summed E-state index contributed by atoms with van der Waals surface area (Å²) in [4.78, 5) is 5.03. The van der Waals surface area contributed by atoms with Gasteiger partial charge in [0, 0.05) is 44.0 Å². The van der Waals surface area contributed by atoms with Gasteiger partial charge in [-0.25, -0.2) is 0 Å². The fourth-order valence-corrected chi connectivity index (χ4v) is 2.97. The second kappa shape index (κ2) is 5.51. The molecule has 106 valence electrons. The molecule has 0 spiro atoms. The molecular formula is C16H27N3. The van der Waals surface area contributed by atoms with E-state index in [1.165, 1.54) is 16.8 Å². The second-order valence-electron chi connectivity index (χ2n) is 6.23. The molecule has 0 atom stereocenters. The van der Waals surface area contributed by atoms with E-state index in [1.807, 2.05) is 0 Å². The van der Waals surface area contributed by atoms with Gasteiger partial charge in [0.25, 0.3) is 0 Å². The van der Waals surface area contributed by atoms with E-state index < -0.39 is 0 Å². The first-order chi connectivity index (χ1) is 8.95. The maximum atomic E-state index is 5.88. The van der Waals surface area contributed by atoms with Gasteiger partial charge in [-0.2, -0.15) is 0 Å². The molecule has 1 saturated heterocycles. The molecular weight excluding hydrogens is 234 g/mol. The van der Waals surface area contributed by atoms with Crippen molar-refractivity contribution < 1.29 is 0 Å². The lowest BCUT2D eigenvalue weighted by Gasteiger charge is -2.44. The molecule has 2 N–H and O–H groups in total. The van der Waals surface area contributed by atoms with Crippen LogP contribution in [0.25, 0.3) is 0 Å². The topological polar surface area (TPSA) is 32.5 Å². The van der Waals surface area contributed by atoms with Crippen molar-refractivity contribution in [2.24, 2.45) is 5.73 Å². The van der Waals surface area contributed by atoms with Crippen molar-refractivity contribution in [3.63, 3.8) is 0 Å². The quantitative estimate of drug-likeness (QED) is 0.905. The second-order valence-corrected chi connectivity index (χ2v) is 6.23. The number of anilines is 1. The zero-order valence-corrected chi connectivity index (χ0v) is 12.7. The largest absolute Gasteiger partial charge is 0.369 e. The number of benzene rings is 1. The Balaban J connectivity index is 2.08. The molecule has 3 nitrogen and oxygen atoms in total. The van der Waals surface area contributed by atoms with E-state index in [0.29, 0.717) is 0 Å². The van der Waals surface area contributed by atoms with E-state index in [2.05, 4.69) is 55.7 Å². The third kappa shape index (κ3) is 2.93. The maximum absolute atomic E-state index is 5.88. The molecule has 0 aromatic heterocycles. The molecule has 1 heterocycles. The van der Waals surface area contributed by atoms with E-state index >= 15 is 0 Å². The summed E-state index contributed by atoms with van der Waals surface area (Å²) in [5.41, 5.74) is 10.2. The molecule has 1 aromatic carbocycles. The minimum Gasteiger partial charge on any atom is -0.369 e. The van der Waals surface area contributed by atoms with Crippen LogP contribution in [0.15, 0.2) is 18.2 Å². The van der Waals surface area contributed by atoms with Crippen LogP contribution in [0.3, 0.4) is 0 Å². The normalized spacial score (nSPS) is 17.8. The van der Waals surface area contributed by atoms with Crippen molar-refractivity contribution in [2.75, 3.05) is 37.6 Å². The average Bonchev–Trinajstić information content (AvgIpc) is 2.39. The summed E-state index contributed by atoms with van der Waals surface area (Å²) < 4.78 is 0. The van der Waals surface area contributed by atoms with Crippen molar-refractivity contribution in [3.8, 4) is 0 Å². The van der Waals surface area contributed by atoms with Gasteiger partial charge in [0.05, 0.1) is 0 Å². The lowest BCUT2D eigenvalue weighted by atomic mass is 10.0. The number of piperazine rings is 1. The van der Waals surface area contributed by atoms with Gasteiger partial charge >= 0.3 is 0 Å². The van der Waals surface area contributed by atoms with Crippen molar-refractivity contribution in [1.29, 1.82) is 0 Å². The predicted molar refractivity (Wildman–Crippen MR) is 82.8 cm³/mol. The van der Waals surface area contributed by atoms with Crippen molar-refractivity contribution in [3.05, 3.63) is 29.3 Å². The van der Waals surface area contributed by atoms with Crippen LogP contribution in [0.5, 0.6) is 0 Å². The van der Waals surface area contributed by atoms with E-state index in [1.54, 1.807) is 0 Å². The van der Waals surface area contributed by atoms with Crippen LogP contribution >= 0.6 is 0 Å². The van der Waals surface area contributed by atoms with E-state index in [4.69, 9.17) is 5.73 Å². The Morgan fingerprint density at radius 2 is 1.58 bits per heavy atom. The highest BCUT2D eigenvalue weighted by Crippen LogP contribution is 2.26. The van der Waals surface area contributed by atoms with E-state index in [0.717, 1.165) is 32.7 Å². The molecule has 2 rings (SSSR count). The minimum absolute atomic E-state index is 0.118. The number of nitrogens with zero attached hydrogens (tertiary/aromatic N) is 2. The fraction of sp³-hybridized carbons (Fsp3) is 0.625. The number of rotatable bonds is 3. The fourth-order valence-electron chi connectivity index (χ4n) is 2.97. The third-order valence-electron chi connectivity index (χ3n) is 4.39. The Morgan fingerprint density at radius 3 is 2.05 bits per heavy atom. The Kier molecular flexibility index (Phi) is 4.16. The standard InChI is InChI=1S/C16H27N3/c1-13-6-5-7-14(2)15(13)18-8-10-19(11-9-18)16(3,4)12-17/h5-7H,8-12,17H2,1-4H3. The molecule has 1 aromatic rings.